The van der Waals surface area contributed by atoms with Crippen molar-refractivity contribution >= 4 is 0 Å². The van der Waals surface area contributed by atoms with Crippen LogP contribution < -0.4 is 0 Å². The molecule has 3 fully saturated rings. The Bertz CT molecular complexity index is 760. The van der Waals surface area contributed by atoms with Gasteiger partial charge in [0.05, 0.1) is 19.8 Å². The zero-order chi connectivity index (χ0) is 23.8. The minimum atomic E-state index is -1.52. The number of fused-ring (bicyclic) bond motifs is 1. The third-order valence-corrected chi connectivity index (χ3v) is 6.00. The Balaban J connectivity index is 1.43. The van der Waals surface area contributed by atoms with Crippen molar-refractivity contribution in [1.29, 1.82) is 0 Å². The van der Waals surface area contributed by atoms with Crippen LogP contribution in [0.4, 0.5) is 0 Å². The second-order valence-corrected chi connectivity index (χ2v) is 8.88. The van der Waals surface area contributed by atoms with Crippen LogP contribution in [0.25, 0.3) is 0 Å². The van der Waals surface area contributed by atoms with E-state index in [1.165, 1.54) is 0 Å². The monoisotopic (exact) mass is 472 g/mol. The quantitative estimate of drug-likeness (QED) is 0.319. The molecule has 3 aliphatic rings. The van der Waals surface area contributed by atoms with Gasteiger partial charge in [-0.1, -0.05) is 30.3 Å². The van der Waals surface area contributed by atoms with Gasteiger partial charge in [-0.05, 0) is 19.4 Å². The van der Waals surface area contributed by atoms with Gasteiger partial charge < -0.3 is 54.0 Å². The fraction of sp³-hybridized carbons (Fsp3) is 0.727. The van der Waals surface area contributed by atoms with Gasteiger partial charge in [-0.3, -0.25) is 0 Å². The number of aliphatic hydroxyl groups excluding tert-OH is 5. The fourth-order valence-corrected chi connectivity index (χ4v) is 4.38. The first-order valence-electron chi connectivity index (χ1n) is 11.0. The Kier molecular flexibility index (Phi) is 7.68. The van der Waals surface area contributed by atoms with Crippen molar-refractivity contribution in [2.45, 2.75) is 87.7 Å². The highest BCUT2D eigenvalue weighted by atomic mass is 16.8. The van der Waals surface area contributed by atoms with Crippen LogP contribution in [0.5, 0.6) is 0 Å². The van der Waals surface area contributed by atoms with Crippen molar-refractivity contribution in [2.24, 2.45) is 0 Å². The van der Waals surface area contributed by atoms with Crippen LogP contribution in [0.1, 0.15) is 19.4 Å². The van der Waals surface area contributed by atoms with Crippen molar-refractivity contribution in [1.82, 2.24) is 0 Å². The first kappa shape index (κ1) is 24.9. The molecule has 11 nitrogen and oxygen atoms in total. The number of benzene rings is 1. The van der Waals surface area contributed by atoms with E-state index in [0.717, 1.165) is 5.56 Å². The predicted octanol–water partition coefficient (Wildman–Crippen LogP) is -1.37. The summed E-state index contributed by atoms with van der Waals surface area (Å²) in [6.07, 6.45) is -11.6. The summed E-state index contributed by atoms with van der Waals surface area (Å²) in [4.78, 5) is 0. The van der Waals surface area contributed by atoms with Gasteiger partial charge in [-0.15, -0.1) is 0 Å². The molecule has 0 spiro atoms. The zero-order valence-corrected chi connectivity index (χ0v) is 18.5. The molecule has 11 heteroatoms. The van der Waals surface area contributed by atoms with Gasteiger partial charge in [0.2, 0.25) is 0 Å². The number of ether oxygens (including phenoxy) is 6. The maximum absolute atomic E-state index is 10.8. The van der Waals surface area contributed by atoms with Gasteiger partial charge in [0, 0.05) is 0 Å². The molecule has 0 amide bonds. The molecule has 5 N–H and O–H groups in total. The number of hydrogen-bond donors (Lipinski definition) is 5. The van der Waals surface area contributed by atoms with Crippen molar-refractivity contribution in [2.75, 3.05) is 13.2 Å². The van der Waals surface area contributed by atoms with Crippen molar-refractivity contribution in [3.8, 4) is 0 Å². The van der Waals surface area contributed by atoms with E-state index in [2.05, 4.69) is 0 Å². The second kappa shape index (κ2) is 10.2. The van der Waals surface area contributed by atoms with E-state index in [1.807, 2.05) is 30.3 Å². The Morgan fingerprint density at radius 3 is 2.12 bits per heavy atom. The van der Waals surface area contributed by atoms with Crippen molar-refractivity contribution in [3.63, 3.8) is 0 Å². The molecule has 3 aliphatic heterocycles. The highest BCUT2D eigenvalue weighted by Gasteiger charge is 2.56. The highest BCUT2D eigenvalue weighted by molar-refractivity contribution is 5.13. The van der Waals surface area contributed by atoms with E-state index < -0.39 is 80.4 Å². The topological polar surface area (TPSA) is 157 Å². The zero-order valence-electron chi connectivity index (χ0n) is 18.5. The summed E-state index contributed by atoms with van der Waals surface area (Å²) in [7, 11) is 0. The summed E-state index contributed by atoms with van der Waals surface area (Å²) in [5.74, 6) is -0.997. The second-order valence-electron chi connectivity index (χ2n) is 8.88. The lowest BCUT2D eigenvalue weighted by atomic mass is 9.97. The van der Waals surface area contributed by atoms with E-state index in [4.69, 9.17) is 28.4 Å². The SMILES string of the molecule is CC1(C)OC2C(O)[C@H](OC3C(CO)OC(OCc4ccccc4)C(O)C3O)O[C@@H](CO)C2O1. The van der Waals surface area contributed by atoms with Gasteiger partial charge in [0.1, 0.15) is 48.8 Å². The standard InChI is InChI=1S/C22H32O11/c1-22(2)32-18-13(9-24)30-21(16(27)19(18)33-22)31-17-12(8-23)29-20(15(26)14(17)25)28-10-11-6-4-3-5-7-11/h3-7,12-21,23-27H,8-10H2,1-2H3/t12?,13-,14?,15?,16?,17?,18?,19?,20?,21-/m0/s1. The predicted molar refractivity (Wildman–Crippen MR) is 109 cm³/mol. The number of aliphatic hydroxyl groups is 5. The van der Waals surface area contributed by atoms with Crippen molar-refractivity contribution in [3.05, 3.63) is 35.9 Å². The Morgan fingerprint density at radius 2 is 1.45 bits per heavy atom. The highest BCUT2D eigenvalue weighted by Crippen LogP contribution is 2.38. The van der Waals surface area contributed by atoms with E-state index in [0.29, 0.717) is 0 Å². The Labute approximate surface area is 191 Å². The van der Waals surface area contributed by atoms with Crippen LogP contribution in [0.3, 0.4) is 0 Å². The molecule has 3 saturated heterocycles. The Morgan fingerprint density at radius 1 is 0.818 bits per heavy atom. The summed E-state index contributed by atoms with van der Waals surface area (Å²) in [5, 5.41) is 51.6. The minimum absolute atomic E-state index is 0.123. The summed E-state index contributed by atoms with van der Waals surface area (Å²) in [5.41, 5.74) is 0.840. The van der Waals surface area contributed by atoms with Gasteiger partial charge in [-0.2, -0.15) is 0 Å². The third kappa shape index (κ3) is 5.24. The number of rotatable bonds is 7. The molecule has 186 valence electrons. The third-order valence-electron chi connectivity index (χ3n) is 6.00. The summed E-state index contributed by atoms with van der Waals surface area (Å²) in [6, 6.07) is 9.21. The van der Waals surface area contributed by atoms with Crippen LogP contribution in [0.2, 0.25) is 0 Å². The van der Waals surface area contributed by atoms with Gasteiger partial charge in [0.15, 0.2) is 18.4 Å². The number of hydrogen-bond acceptors (Lipinski definition) is 11. The molecule has 0 saturated carbocycles. The molecule has 0 aromatic heterocycles. The normalized spacial score (nSPS) is 42.8. The average molecular weight is 472 g/mol. The molecule has 0 aliphatic carbocycles. The first-order valence-corrected chi connectivity index (χ1v) is 11.0. The molecule has 0 bridgehead atoms. The molecule has 3 heterocycles. The van der Waals surface area contributed by atoms with E-state index in [9.17, 15) is 25.5 Å². The molecule has 10 atom stereocenters. The summed E-state index contributed by atoms with van der Waals surface area (Å²) >= 11 is 0. The molecule has 0 radical (unpaired) electrons. The molecular weight excluding hydrogens is 440 g/mol. The van der Waals surface area contributed by atoms with Crippen LogP contribution in [0, 0.1) is 0 Å². The molecule has 1 aromatic rings. The maximum Gasteiger partial charge on any atom is 0.187 e. The molecular formula is C22H32O11. The lowest BCUT2D eigenvalue weighted by Crippen LogP contribution is -2.64. The Hall–Kier alpha value is -1.22. The maximum atomic E-state index is 10.8. The lowest BCUT2D eigenvalue weighted by molar-refractivity contribution is -0.354. The van der Waals surface area contributed by atoms with Gasteiger partial charge >= 0.3 is 0 Å². The van der Waals surface area contributed by atoms with Crippen LogP contribution in [-0.4, -0.2) is 106 Å². The van der Waals surface area contributed by atoms with Crippen LogP contribution in [0.15, 0.2) is 30.3 Å². The van der Waals surface area contributed by atoms with E-state index in [-0.39, 0.29) is 6.61 Å². The van der Waals surface area contributed by atoms with E-state index >= 15 is 0 Å². The summed E-state index contributed by atoms with van der Waals surface area (Å²) in [6.45, 7) is 2.50. The first-order chi connectivity index (χ1) is 15.7. The smallest absolute Gasteiger partial charge is 0.187 e. The molecule has 8 unspecified atom stereocenters. The average Bonchev–Trinajstić information content (AvgIpc) is 3.14. The van der Waals surface area contributed by atoms with Crippen LogP contribution in [-0.2, 0) is 35.0 Å². The fourth-order valence-electron chi connectivity index (χ4n) is 4.38. The molecule has 4 rings (SSSR count). The molecule has 1 aromatic carbocycles. The van der Waals surface area contributed by atoms with Crippen LogP contribution >= 0.6 is 0 Å². The minimum Gasteiger partial charge on any atom is -0.394 e. The largest absolute Gasteiger partial charge is 0.394 e. The lowest BCUT2D eigenvalue weighted by Gasteiger charge is -2.45. The van der Waals surface area contributed by atoms with Crippen molar-refractivity contribution < 1.29 is 54.0 Å². The molecule has 33 heavy (non-hydrogen) atoms. The van der Waals surface area contributed by atoms with E-state index in [1.54, 1.807) is 13.8 Å². The van der Waals surface area contributed by atoms with Gasteiger partial charge in [-0.25, -0.2) is 0 Å². The van der Waals surface area contributed by atoms with Gasteiger partial charge in [0.25, 0.3) is 0 Å². The summed E-state index contributed by atoms with van der Waals surface area (Å²) < 4.78 is 34.2.